The second-order valence-electron chi connectivity index (χ2n) is 9.68. The molecule has 0 fully saturated rings. The van der Waals surface area contributed by atoms with Gasteiger partial charge in [0, 0.05) is 35.5 Å². The van der Waals surface area contributed by atoms with Gasteiger partial charge in [0.2, 0.25) is 0 Å². The number of aryl methyl sites for hydroxylation is 1. The van der Waals surface area contributed by atoms with Gasteiger partial charge >= 0.3 is 0 Å². The zero-order valence-corrected chi connectivity index (χ0v) is 24.7. The third kappa shape index (κ3) is 6.47. The van der Waals surface area contributed by atoms with Gasteiger partial charge in [0.25, 0.3) is 0 Å². The Morgan fingerprint density at radius 3 is 2.10 bits per heavy atom. The second kappa shape index (κ2) is 13.4. The molecule has 0 amide bonds. The van der Waals surface area contributed by atoms with E-state index in [1.165, 1.54) is 0 Å². The molecule has 1 atom stereocenters. The van der Waals surface area contributed by atoms with Crippen LogP contribution in [0.5, 0.6) is 23.0 Å². The fourth-order valence-electron chi connectivity index (χ4n) is 4.60. The lowest BCUT2D eigenvalue weighted by molar-refractivity contribution is 0.302. The maximum Gasteiger partial charge on any atom is 0.197 e. The number of nitrogens with zero attached hydrogens (tertiary/aromatic N) is 1. The van der Waals surface area contributed by atoms with E-state index < -0.39 is 10.8 Å². The molecule has 0 spiro atoms. The topological polar surface area (TPSA) is 66.8 Å². The fraction of sp³-hybridized carbons (Fsp3) is 0.171. The van der Waals surface area contributed by atoms with Crippen molar-refractivity contribution in [3.8, 4) is 45.3 Å². The van der Waals surface area contributed by atoms with E-state index in [0.717, 1.165) is 12.0 Å². The predicted molar refractivity (Wildman–Crippen MR) is 167 cm³/mol. The fourth-order valence-corrected chi connectivity index (χ4v) is 5.80. The molecule has 214 valence electrons. The Morgan fingerprint density at radius 1 is 0.714 bits per heavy atom. The Labute approximate surface area is 248 Å². The molecule has 0 saturated heterocycles. The highest BCUT2D eigenvalue weighted by atomic mass is 32.2. The molecule has 1 unspecified atom stereocenters. The van der Waals surface area contributed by atoms with E-state index in [1.807, 2.05) is 110 Å². The summed E-state index contributed by atoms with van der Waals surface area (Å²) in [5.74, 6) is 2.56. The molecule has 0 N–H and O–H groups in total. The normalized spacial score (nSPS) is 11.6. The lowest BCUT2D eigenvalue weighted by Gasteiger charge is -2.13. The number of benzene rings is 4. The minimum absolute atomic E-state index is 0.113. The molecule has 42 heavy (non-hydrogen) atoms. The zero-order valence-electron chi connectivity index (χ0n) is 23.9. The van der Waals surface area contributed by atoms with Gasteiger partial charge in [0.05, 0.1) is 28.9 Å². The van der Waals surface area contributed by atoms with Crippen molar-refractivity contribution >= 4 is 10.8 Å². The van der Waals surface area contributed by atoms with E-state index in [0.29, 0.717) is 62.7 Å². The lowest BCUT2D eigenvalue weighted by Crippen LogP contribution is -2.11. The largest absolute Gasteiger partial charge is 0.493 e. The van der Waals surface area contributed by atoms with Gasteiger partial charge in [-0.25, -0.2) is 4.21 Å². The summed E-state index contributed by atoms with van der Waals surface area (Å²) in [6.07, 6.45) is 4.52. The predicted octanol–water partition coefficient (Wildman–Crippen LogP) is 7.87. The van der Waals surface area contributed by atoms with Gasteiger partial charge in [-0.05, 0) is 73.0 Å². The van der Waals surface area contributed by atoms with Gasteiger partial charge in [-0.2, -0.15) is 0 Å². The van der Waals surface area contributed by atoms with Crippen molar-refractivity contribution in [3.63, 3.8) is 0 Å². The number of hydrogen-bond donors (Lipinski definition) is 0. The van der Waals surface area contributed by atoms with Crippen LogP contribution < -0.4 is 19.6 Å². The maximum atomic E-state index is 13.8. The van der Waals surface area contributed by atoms with E-state index in [9.17, 15) is 9.00 Å². The maximum absolute atomic E-state index is 13.8. The first-order valence-corrected chi connectivity index (χ1v) is 15.1. The molecular formula is C35H33NO5S. The molecule has 0 aliphatic heterocycles. The Kier molecular flexibility index (Phi) is 9.19. The first-order valence-electron chi connectivity index (χ1n) is 13.9. The average molecular weight is 580 g/mol. The van der Waals surface area contributed by atoms with Gasteiger partial charge < -0.3 is 18.8 Å². The van der Waals surface area contributed by atoms with Crippen LogP contribution in [0.2, 0.25) is 0 Å². The molecule has 1 heterocycles. The van der Waals surface area contributed by atoms with Crippen LogP contribution in [-0.4, -0.2) is 22.0 Å². The molecule has 4 aromatic carbocycles. The molecule has 0 aliphatic carbocycles. The molecule has 0 saturated carbocycles. The highest BCUT2D eigenvalue weighted by molar-refractivity contribution is 7.85. The number of ether oxygens (including phenoxy) is 3. The molecule has 0 radical (unpaired) electrons. The van der Waals surface area contributed by atoms with Crippen LogP contribution in [0.25, 0.3) is 22.3 Å². The second-order valence-corrected chi connectivity index (χ2v) is 11.1. The first-order chi connectivity index (χ1) is 20.5. The quantitative estimate of drug-likeness (QED) is 0.159. The van der Waals surface area contributed by atoms with Crippen LogP contribution in [0, 0.1) is 0 Å². The molecular weight excluding hydrogens is 546 g/mol. The van der Waals surface area contributed by atoms with E-state index in [-0.39, 0.29) is 5.43 Å². The molecule has 6 nitrogen and oxygen atoms in total. The van der Waals surface area contributed by atoms with Crippen LogP contribution in [0.15, 0.2) is 124 Å². The Hall–Kier alpha value is -4.62. The van der Waals surface area contributed by atoms with E-state index >= 15 is 0 Å². The van der Waals surface area contributed by atoms with Crippen molar-refractivity contribution in [1.82, 2.24) is 4.57 Å². The van der Waals surface area contributed by atoms with Crippen molar-refractivity contribution in [1.29, 1.82) is 0 Å². The number of rotatable bonds is 11. The molecule has 0 bridgehead atoms. The monoisotopic (exact) mass is 579 g/mol. The zero-order chi connectivity index (χ0) is 29.5. The van der Waals surface area contributed by atoms with E-state index in [2.05, 4.69) is 6.92 Å². The van der Waals surface area contributed by atoms with Gasteiger partial charge in [0.15, 0.2) is 16.9 Å². The Balaban J connectivity index is 1.44. The van der Waals surface area contributed by atoms with Crippen molar-refractivity contribution in [2.24, 2.45) is 7.05 Å². The van der Waals surface area contributed by atoms with Crippen LogP contribution in [0.4, 0.5) is 0 Å². The van der Waals surface area contributed by atoms with Crippen LogP contribution in [-0.2, 0) is 17.8 Å². The molecule has 5 rings (SSSR count). The average Bonchev–Trinajstić information content (AvgIpc) is 3.02. The van der Waals surface area contributed by atoms with Crippen LogP contribution >= 0.6 is 0 Å². The minimum atomic E-state index is -1.48. The molecule has 1 aromatic heterocycles. The van der Waals surface area contributed by atoms with Gasteiger partial charge in [-0.15, -0.1) is 0 Å². The summed E-state index contributed by atoms with van der Waals surface area (Å²) in [7, 11) is 0.409. The highest BCUT2D eigenvalue weighted by Gasteiger charge is 2.16. The van der Waals surface area contributed by atoms with Gasteiger partial charge in [0.1, 0.15) is 11.5 Å². The standard InChI is InChI=1S/C35H33NO5S/c1-4-21-40-31-13-6-7-14-32(31)41-27-19-17-25(18-20-27)29-23-36(3)24-30(35(29)37)26-11-10-12-28(22-26)42(38)34-16-9-8-15-33(34)39-5-2/h6-20,22-24H,4-5,21H2,1-3H3. The molecule has 7 heteroatoms. The van der Waals surface area contributed by atoms with E-state index in [1.54, 1.807) is 18.3 Å². The smallest absolute Gasteiger partial charge is 0.197 e. The van der Waals surface area contributed by atoms with Crippen molar-refractivity contribution < 1.29 is 18.4 Å². The van der Waals surface area contributed by atoms with Gasteiger partial charge in [-0.3, -0.25) is 4.79 Å². The summed E-state index contributed by atoms with van der Waals surface area (Å²) < 4.78 is 33.0. The summed E-state index contributed by atoms with van der Waals surface area (Å²) in [5, 5.41) is 0. The Bertz CT molecular complexity index is 1760. The summed E-state index contributed by atoms with van der Waals surface area (Å²) in [6, 6.07) is 29.6. The number of para-hydroxylation sites is 3. The van der Waals surface area contributed by atoms with Crippen molar-refractivity contribution in [2.45, 2.75) is 30.1 Å². The van der Waals surface area contributed by atoms with Gasteiger partial charge in [-0.1, -0.05) is 55.5 Å². The van der Waals surface area contributed by atoms with Crippen LogP contribution in [0.1, 0.15) is 20.3 Å². The summed E-state index contributed by atoms with van der Waals surface area (Å²) in [5.41, 5.74) is 2.43. The number of aromatic nitrogens is 1. The van der Waals surface area contributed by atoms with E-state index in [4.69, 9.17) is 14.2 Å². The van der Waals surface area contributed by atoms with Crippen molar-refractivity contribution in [3.05, 3.63) is 120 Å². The molecule has 0 aliphatic rings. The summed E-state index contributed by atoms with van der Waals surface area (Å²) in [4.78, 5) is 15.0. The third-order valence-corrected chi connectivity index (χ3v) is 7.99. The summed E-state index contributed by atoms with van der Waals surface area (Å²) >= 11 is 0. The van der Waals surface area contributed by atoms with Crippen molar-refractivity contribution in [2.75, 3.05) is 13.2 Å². The minimum Gasteiger partial charge on any atom is -0.493 e. The van der Waals surface area contributed by atoms with Crippen LogP contribution in [0.3, 0.4) is 0 Å². The summed E-state index contributed by atoms with van der Waals surface area (Å²) in [6.45, 7) is 5.04. The molecule has 5 aromatic rings. The third-order valence-electron chi connectivity index (χ3n) is 6.57. The number of pyridine rings is 1. The SMILES string of the molecule is CCCOc1ccccc1Oc1ccc(-c2cn(C)cc(-c3cccc(S(=O)c4ccccc4OCC)c3)c2=O)cc1. The first kappa shape index (κ1) is 28.9. The Morgan fingerprint density at radius 2 is 1.38 bits per heavy atom. The number of hydrogen-bond acceptors (Lipinski definition) is 5. The highest BCUT2D eigenvalue weighted by Crippen LogP contribution is 2.33. The lowest BCUT2D eigenvalue weighted by atomic mass is 10.0.